The van der Waals surface area contributed by atoms with Crippen LogP contribution in [-0.4, -0.2) is 4.57 Å². The van der Waals surface area contributed by atoms with E-state index < -0.39 is 0 Å². The molecule has 0 bridgehead atoms. The number of rotatable bonds is 2. The zero-order valence-electron chi connectivity index (χ0n) is 13.4. The maximum atomic E-state index is 9.05. The third-order valence-corrected chi connectivity index (χ3v) is 4.46. The fraction of sp³-hybridized carbons (Fsp3) is 0.0455. The summed E-state index contributed by atoms with van der Waals surface area (Å²) in [6.07, 6.45) is 0. The minimum Gasteiger partial charge on any atom is -0.343 e. The lowest BCUT2D eigenvalue weighted by Gasteiger charge is -2.09. The van der Waals surface area contributed by atoms with Crippen molar-refractivity contribution in [3.8, 4) is 28.5 Å². The van der Waals surface area contributed by atoms with E-state index in [-0.39, 0.29) is 0 Å². The zero-order chi connectivity index (χ0) is 16.5. The van der Waals surface area contributed by atoms with Gasteiger partial charge >= 0.3 is 0 Å². The molecule has 0 amide bonds. The van der Waals surface area contributed by atoms with Crippen LogP contribution in [0.1, 0.15) is 5.56 Å². The average Bonchev–Trinajstić information content (AvgIpc) is 2.95. The Morgan fingerprint density at radius 2 is 1.42 bits per heavy atom. The Morgan fingerprint density at radius 3 is 2.12 bits per heavy atom. The van der Waals surface area contributed by atoms with E-state index >= 15 is 0 Å². The summed E-state index contributed by atoms with van der Waals surface area (Å²) >= 11 is 0. The molecule has 2 heteroatoms. The summed E-state index contributed by atoms with van der Waals surface area (Å²) in [7, 11) is 2.11. The summed E-state index contributed by atoms with van der Waals surface area (Å²) < 4.78 is 2.25. The molecule has 114 valence electrons. The third kappa shape index (κ3) is 2.19. The van der Waals surface area contributed by atoms with Gasteiger partial charge in [-0.2, -0.15) is 5.26 Å². The first-order valence-corrected chi connectivity index (χ1v) is 7.93. The molecule has 2 nitrogen and oxygen atoms in total. The van der Waals surface area contributed by atoms with Crippen LogP contribution < -0.4 is 0 Å². The van der Waals surface area contributed by atoms with E-state index in [1.807, 2.05) is 30.3 Å². The summed E-state index contributed by atoms with van der Waals surface area (Å²) in [4.78, 5) is 0. The maximum absolute atomic E-state index is 9.05. The number of hydrogen-bond acceptors (Lipinski definition) is 1. The largest absolute Gasteiger partial charge is 0.343 e. The molecule has 0 N–H and O–H groups in total. The molecule has 0 saturated carbocycles. The van der Waals surface area contributed by atoms with Crippen LogP contribution in [0.3, 0.4) is 0 Å². The number of aryl methyl sites for hydroxylation is 1. The second-order valence-electron chi connectivity index (χ2n) is 5.85. The molecule has 0 atom stereocenters. The van der Waals surface area contributed by atoms with E-state index in [0.717, 1.165) is 5.56 Å². The molecule has 0 unspecified atom stereocenters. The average molecular weight is 308 g/mol. The first-order chi connectivity index (χ1) is 11.8. The second-order valence-corrected chi connectivity index (χ2v) is 5.85. The van der Waals surface area contributed by atoms with Crippen LogP contribution >= 0.6 is 0 Å². The van der Waals surface area contributed by atoms with Crippen molar-refractivity contribution in [2.45, 2.75) is 0 Å². The Hall–Kier alpha value is -3.31. The van der Waals surface area contributed by atoms with Gasteiger partial charge in [0.2, 0.25) is 0 Å². The van der Waals surface area contributed by atoms with Crippen LogP contribution in [0.2, 0.25) is 0 Å². The van der Waals surface area contributed by atoms with Crippen molar-refractivity contribution >= 4 is 10.9 Å². The summed E-state index contributed by atoms with van der Waals surface area (Å²) in [6.45, 7) is 0. The molecule has 3 aromatic carbocycles. The fourth-order valence-corrected chi connectivity index (χ4v) is 3.33. The highest BCUT2D eigenvalue weighted by Gasteiger charge is 2.17. The predicted molar refractivity (Wildman–Crippen MR) is 98.5 cm³/mol. The Labute approximate surface area is 141 Å². The Morgan fingerprint density at radius 1 is 0.750 bits per heavy atom. The van der Waals surface area contributed by atoms with Crippen LogP contribution in [0.5, 0.6) is 0 Å². The quantitative estimate of drug-likeness (QED) is 0.488. The van der Waals surface area contributed by atoms with Gasteiger partial charge in [0.25, 0.3) is 0 Å². The van der Waals surface area contributed by atoms with Crippen molar-refractivity contribution in [3.63, 3.8) is 0 Å². The number of para-hydroxylation sites is 1. The van der Waals surface area contributed by atoms with Crippen LogP contribution in [0, 0.1) is 11.3 Å². The molecule has 0 fully saturated rings. The van der Waals surface area contributed by atoms with Crippen LogP contribution in [0.15, 0.2) is 78.9 Å². The van der Waals surface area contributed by atoms with Crippen LogP contribution in [-0.2, 0) is 7.05 Å². The number of nitrogens with zero attached hydrogens (tertiary/aromatic N) is 2. The first-order valence-electron chi connectivity index (χ1n) is 7.93. The summed E-state index contributed by atoms with van der Waals surface area (Å²) in [5, 5.41) is 10.3. The van der Waals surface area contributed by atoms with Gasteiger partial charge in [-0.1, -0.05) is 60.7 Å². The van der Waals surface area contributed by atoms with E-state index in [4.69, 9.17) is 5.26 Å². The summed E-state index contributed by atoms with van der Waals surface area (Å²) in [5.74, 6) is 0. The predicted octanol–water partition coefficient (Wildman–Crippen LogP) is 5.38. The molecule has 4 aromatic rings. The minimum atomic E-state index is 0.681. The number of hydrogen-bond donors (Lipinski definition) is 0. The molecular weight excluding hydrogens is 292 g/mol. The van der Waals surface area contributed by atoms with E-state index in [9.17, 15) is 0 Å². The van der Waals surface area contributed by atoms with Crippen molar-refractivity contribution in [2.75, 3.05) is 0 Å². The lowest BCUT2D eigenvalue weighted by atomic mass is 9.97. The highest BCUT2D eigenvalue weighted by atomic mass is 14.9. The molecule has 0 radical (unpaired) electrons. The smallest absolute Gasteiger partial charge is 0.0991 e. The SMILES string of the molecule is Cn1c(-c2ccccc2)c(-c2ccc(C#N)cc2)c2ccccc21. The molecular formula is C22H16N2. The maximum Gasteiger partial charge on any atom is 0.0991 e. The molecule has 0 spiro atoms. The van der Waals surface area contributed by atoms with Gasteiger partial charge in [0.1, 0.15) is 0 Å². The van der Waals surface area contributed by atoms with Crippen molar-refractivity contribution < 1.29 is 0 Å². The van der Waals surface area contributed by atoms with Gasteiger partial charge in [0.05, 0.1) is 17.3 Å². The standard InChI is InChI=1S/C22H16N2/c1-24-20-10-6-5-9-19(20)21(17-13-11-16(15-23)12-14-17)22(24)18-7-3-2-4-8-18/h2-14H,1H3. The Bertz CT molecular complexity index is 1050. The van der Waals surface area contributed by atoms with Crippen molar-refractivity contribution in [2.24, 2.45) is 7.05 Å². The Balaban J connectivity index is 2.07. The first kappa shape index (κ1) is 14.3. The van der Waals surface area contributed by atoms with Gasteiger partial charge in [0.15, 0.2) is 0 Å². The highest BCUT2D eigenvalue weighted by molar-refractivity contribution is 6.04. The number of nitriles is 1. The van der Waals surface area contributed by atoms with E-state index in [1.54, 1.807) is 0 Å². The van der Waals surface area contributed by atoms with Crippen molar-refractivity contribution in [1.29, 1.82) is 5.26 Å². The van der Waals surface area contributed by atoms with Crippen LogP contribution in [0.4, 0.5) is 0 Å². The molecule has 24 heavy (non-hydrogen) atoms. The van der Waals surface area contributed by atoms with Crippen LogP contribution in [0.25, 0.3) is 33.3 Å². The third-order valence-electron chi connectivity index (χ3n) is 4.46. The number of aromatic nitrogens is 1. The van der Waals surface area contributed by atoms with Gasteiger partial charge in [-0.3, -0.25) is 0 Å². The van der Waals surface area contributed by atoms with Gasteiger partial charge in [-0.05, 0) is 29.3 Å². The van der Waals surface area contributed by atoms with E-state index in [2.05, 4.69) is 66.2 Å². The minimum absolute atomic E-state index is 0.681. The monoisotopic (exact) mass is 308 g/mol. The van der Waals surface area contributed by atoms with Crippen molar-refractivity contribution in [3.05, 3.63) is 84.4 Å². The van der Waals surface area contributed by atoms with Crippen molar-refractivity contribution in [1.82, 2.24) is 4.57 Å². The molecule has 1 heterocycles. The zero-order valence-corrected chi connectivity index (χ0v) is 13.4. The molecule has 0 aliphatic heterocycles. The normalized spacial score (nSPS) is 10.7. The Kier molecular flexibility index (Phi) is 3.40. The van der Waals surface area contributed by atoms with E-state index in [1.165, 1.54) is 27.7 Å². The molecule has 0 saturated heterocycles. The van der Waals surface area contributed by atoms with E-state index in [0.29, 0.717) is 5.56 Å². The molecule has 0 aliphatic carbocycles. The summed E-state index contributed by atoms with van der Waals surface area (Å²) in [6, 6.07) is 28.9. The van der Waals surface area contributed by atoms with Gasteiger partial charge in [-0.15, -0.1) is 0 Å². The van der Waals surface area contributed by atoms with Gasteiger partial charge < -0.3 is 4.57 Å². The van der Waals surface area contributed by atoms with Gasteiger partial charge in [0, 0.05) is 23.5 Å². The second kappa shape index (κ2) is 5.72. The topological polar surface area (TPSA) is 28.7 Å². The molecule has 4 rings (SSSR count). The molecule has 0 aliphatic rings. The lowest BCUT2D eigenvalue weighted by molar-refractivity contribution is 0.979. The van der Waals surface area contributed by atoms with Gasteiger partial charge in [-0.25, -0.2) is 0 Å². The lowest BCUT2D eigenvalue weighted by Crippen LogP contribution is -1.92. The fourth-order valence-electron chi connectivity index (χ4n) is 3.33. The highest BCUT2D eigenvalue weighted by Crippen LogP contribution is 2.40. The summed E-state index contributed by atoms with van der Waals surface area (Å²) in [5.41, 5.74) is 6.61. The number of benzene rings is 3. The number of fused-ring (bicyclic) bond motifs is 1. The molecule has 1 aromatic heterocycles.